The summed E-state index contributed by atoms with van der Waals surface area (Å²) in [5.74, 6) is -1.73. The quantitative estimate of drug-likeness (QED) is 0.268. The Morgan fingerprint density at radius 1 is 1.31 bits per heavy atom. The molecule has 0 aromatic heterocycles. The first-order chi connectivity index (χ1) is 17.0. The topological polar surface area (TPSA) is 125 Å². The van der Waals surface area contributed by atoms with Crippen LogP contribution in [0.2, 0.25) is 0 Å². The van der Waals surface area contributed by atoms with Crippen LogP contribution in [0.5, 0.6) is 11.5 Å². The van der Waals surface area contributed by atoms with Crippen LogP contribution in [0, 0.1) is 9.49 Å². The molecule has 3 rings (SSSR count). The number of methoxy groups -OCH3 is 1. The van der Waals surface area contributed by atoms with E-state index in [2.05, 4.69) is 5.32 Å². The molecule has 0 unspecified atom stereocenters. The van der Waals surface area contributed by atoms with Crippen molar-refractivity contribution < 1.29 is 47.2 Å². The van der Waals surface area contributed by atoms with Gasteiger partial charge in [0.25, 0.3) is 0 Å². The van der Waals surface area contributed by atoms with Crippen LogP contribution in [0.4, 0.5) is 13.2 Å². The van der Waals surface area contributed by atoms with Crippen molar-refractivity contribution in [2.45, 2.75) is 43.7 Å². The summed E-state index contributed by atoms with van der Waals surface area (Å²) in [7, 11) is 1.33. The van der Waals surface area contributed by atoms with Gasteiger partial charge in [0.15, 0.2) is 11.5 Å². The van der Waals surface area contributed by atoms with E-state index in [-0.39, 0.29) is 42.2 Å². The van der Waals surface area contributed by atoms with Crippen LogP contribution in [0.3, 0.4) is 0 Å². The molecule has 0 spiro atoms. The van der Waals surface area contributed by atoms with Gasteiger partial charge in [0, 0.05) is 30.0 Å². The molecule has 3 N–H and O–H groups in total. The summed E-state index contributed by atoms with van der Waals surface area (Å²) >= 11 is 1.88. The Morgan fingerprint density at radius 2 is 2.00 bits per heavy atom. The van der Waals surface area contributed by atoms with E-state index < -0.39 is 48.7 Å². The van der Waals surface area contributed by atoms with Gasteiger partial charge in [-0.15, -0.1) is 0 Å². The van der Waals surface area contributed by atoms with Crippen molar-refractivity contribution in [3.05, 3.63) is 32.9 Å². The summed E-state index contributed by atoms with van der Waals surface area (Å²) in [4.78, 5) is 37.3. The van der Waals surface area contributed by atoms with Crippen molar-refractivity contribution in [3.8, 4) is 11.5 Å². The van der Waals surface area contributed by atoms with E-state index in [0.29, 0.717) is 27.6 Å². The first-order valence-corrected chi connectivity index (χ1v) is 12.2. The smallest absolute Gasteiger partial charge is 0.406 e. The number of alkyl halides is 3. The lowest BCUT2D eigenvalue weighted by Gasteiger charge is -2.41. The summed E-state index contributed by atoms with van der Waals surface area (Å²) in [6, 6.07) is 1.48. The molecule has 1 aromatic carbocycles. The molecule has 13 heteroatoms. The SMILES string of the molecule is COc1cc(C=O)cc(I)c1O[C@H]1C=C(C(=O)NCCO)C[C@@H](N(CC(F)(F)F)C(=O)C2CC2)[C@@H]1O. The number of hydrogen-bond donors (Lipinski definition) is 3. The molecular weight excluding hydrogens is 600 g/mol. The molecule has 0 heterocycles. The van der Waals surface area contributed by atoms with Gasteiger partial charge in [0.1, 0.15) is 25.0 Å². The number of nitrogens with zero attached hydrogens (tertiary/aromatic N) is 1. The fourth-order valence-corrected chi connectivity index (χ4v) is 4.71. The highest BCUT2D eigenvalue weighted by molar-refractivity contribution is 14.1. The van der Waals surface area contributed by atoms with Crippen LogP contribution < -0.4 is 14.8 Å². The van der Waals surface area contributed by atoms with Gasteiger partial charge >= 0.3 is 6.18 Å². The van der Waals surface area contributed by atoms with Crippen LogP contribution >= 0.6 is 22.6 Å². The van der Waals surface area contributed by atoms with Gasteiger partial charge in [-0.3, -0.25) is 14.4 Å². The number of halogens is 4. The fraction of sp³-hybridized carbons (Fsp3) is 0.522. The van der Waals surface area contributed by atoms with Gasteiger partial charge in [-0.25, -0.2) is 0 Å². The van der Waals surface area contributed by atoms with Crippen LogP contribution in [0.25, 0.3) is 0 Å². The van der Waals surface area contributed by atoms with Gasteiger partial charge in [-0.2, -0.15) is 13.2 Å². The van der Waals surface area contributed by atoms with Crippen LogP contribution in [0.1, 0.15) is 29.6 Å². The molecule has 36 heavy (non-hydrogen) atoms. The summed E-state index contributed by atoms with van der Waals surface area (Å²) in [5.41, 5.74) is 0.287. The Balaban J connectivity index is 2.01. The molecule has 0 radical (unpaired) electrons. The Bertz CT molecular complexity index is 1030. The van der Waals surface area contributed by atoms with E-state index in [9.17, 15) is 32.7 Å². The van der Waals surface area contributed by atoms with Crippen molar-refractivity contribution in [3.63, 3.8) is 0 Å². The van der Waals surface area contributed by atoms with E-state index in [4.69, 9.17) is 14.6 Å². The number of amides is 2. The average molecular weight is 626 g/mol. The van der Waals surface area contributed by atoms with Crippen LogP contribution in [-0.4, -0.2) is 84.4 Å². The first kappa shape index (κ1) is 28.2. The Kier molecular flexibility index (Phi) is 9.22. The monoisotopic (exact) mass is 626 g/mol. The standard InChI is InChI=1S/C23H26F3IN2O7/c1-35-18-7-12(10-31)6-15(27)20(18)36-17-9-14(21(33)28-4-5-30)8-16(19(17)32)29(11-23(24,25)26)22(34)13-2-3-13/h6-7,9-10,13,16-17,19,30,32H,2-5,8,11H2,1H3,(H,28,33)/t16-,17+,19+/m1/s1. The highest BCUT2D eigenvalue weighted by atomic mass is 127. The maximum Gasteiger partial charge on any atom is 0.406 e. The van der Waals surface area contributed by atoms with Crippen molar-refractivity contribution in [2.75, 3.05) is 26.8 Å². The Labute approximate surface area is 218 Å². The van der Waals surface area contributed by atoms with Crippen molar-refractivity contribution in [2.24, 2.45) is 5.92 Å². The zero-order valence-corrected chi connectivity index (χ0v) is 21.4. The number of carbonyl (C=O) groups is 3. The second-order valence-corrected chi connectivity index (χ2v) is 9.69. The zero-order valence-electron chi connectivity index (χ0n) is 19.3. The third-order valence-electron chi connectivity index (χ3n) is 5.82. The molecule has 3 atom stereocenters. The molecule has 0 bridgehead atoms. The molecule has 0 saturated heterocycles. The van der Waals surface area contributed by atoms with E-state index in [1.807, 2.05) is 22.6 Å². The molecule has 198 valence electrons. The first-order valence-electron chi connectivity index (χ1n) is 11.1. The van der Waals surface area contributed by atoms with Crippen molar-refractivity contribution in [1.82, 2.24) is 10.2 Å². The second kappa shape index (κ2) is 11.8. The number of nitrogens with one attached hydrogen (secondary N) is 1. The number of carbonyl (C=O) groups excluding carboxylic acids is 3. The summed E-state index contributed by atoms with van der Waals surface area (Å²) in [6.45, 7) is -2.04. The highest BCUT2D eigenvalue weighted by Crippen LogP contribution is 2.39. The molecule has 9 nitrogen and oxygen atoms in total. The van der Waals surface area contributed by atoms with Gasteiger partial charge in [0.2, 0.25) is 11.8 Å². The maximum absolute atomic E-state index is 13.4. The number of ether oxygens (including phenoxy) is 2. The van der Waals surface area contributed by atoms with Crippen molar-refractivity contribution in [1.29, 1.82) is 0 Å². The minimum Gasteiger partial charge on any atom is -0.493 e. The van der Waals surface area contributed by atoms with Crippen molar-refractivity contribution >= 4 is 40.7 Å². The average Bonchev–Trinajstić information content (AvgIpc) is 3.67. The second-order valence-electron chi connectivity index (χ2n) is 8.52. The van der Waals surface area contributed by atoms with Crippen LogP contribution in [0.15, 0.2) is 23.8 Å². The van der Waals surface area contributed by atoms with Gasteiger partial charge in [0.05, 0.1) is 23.3 Å². The fourth-order valence-electron chi connectivity index (χ4n) is 3.95. The minimum absolute atomic E-state index is 0.00184. The third-order valence-corrected chi connectivity index (χ3v) is 6.62. The summed E-state index contributed by atoms with van der Waals surface area (Å²) in [5, 5.41) is 22.6. The van der Waals surface area contributed by atoms with Gasteiger partial charge < -0.3 is 29.9 Å². The normalized spacial score (nSPS) is 21.9. The largest absolute Gasteiger partial charge is 0.493 e. The lowest BCUT2D eigenvalue weighted by atomic mass is 9.88. The summed E-state index contributed by atoms with van der Waals surface area (Å²) < 4.78 is 52.0. The zero-order chi connectivity index (χ0) is 26.6. The number of aldehydes is 1. The van der Waals surface area contributed by atoms with E-state index in [0.717, 1.165) is 0 Å². The molecule has 2 aliphatic carbocycles. The molecular formula is C23H26F3IN2O7. The van der Waals surface area contributed by atoms with E-state index in [1.54, 1.807) is 0 Å². The molecule has 0 aliphatic heterocycles. The van der Waals surface area contributed by atoms with E-state index >= 15 is 0 Å². The predicted octanol–water partition coefficient (Wildman–Crippen LogP) is 1.83. The molecule has 1 aromatic rings. The Morgan fingerprint density at radius 3 is 2.56 bits per heavy atom. The number of aliphatic hydroxyl groups excluding tert-OH is 2. The maximum atomic E-state index is 13.4. The number of aliphatic hydroxyl groups is 2. The minimum atomic E-state index is -4.73. The van der Waals surface area contributed by atoms with Crippen LogP contribution in [-0.2, 0) is 9.59 Å². The lowest BCUT2D eigenvalue weighted by molar-refractivity contribution is -0.173. The molecule has 1 fully saturated rings. The predicted molar refractivity (Wildman–Crippen MR) is 129 cm³/mol. The molecule has 2 amide bonds. The number of rotatable bonds is 10. The highest BCUT2D eigenvalue weighted by Gasteiger charge is 2.47. The van der Waals surface area contributed by atoms with E-state index in [1.165, 1.54) is 25.3 Å². The number of hydrogen-bond acceptors (Lipinski definition) is 7. The lowest BCUT2D eigenvalue weighted by Crippen LogP contribution is -2.57. The Hall–Kier alpha value is -2.39. The molecule has 1 saturated carbocycles. The third kappa shape index (κ3) is 6.88. The number of benzene rings is 1. The van der Waals surface area contributed by atoms with Gasteiger partial charge in [-0.1, -0.05) is 0 Å². The summed E-state index contributed by atoms with van der Waals surface area (Å²) in [6.07, 6.45) is -5.23. The van der Waals surface area contributed by atoms with Gasteiger partial charge in [-0.05, 0) is 53.6 Å². The molecule has 2 aliphatic rings.